The van der Waals surface area contributed by atoms with Crippen LogP contribution in [-0.4, -0.2) is 34.7 Å². The average molecular weight is 411 g/mol. The standard InChI is InChI=1S/C22H17N7S/c1-12-24-10-19(29(12)2)16-3-4-17-21(26-16)22(28-27-17)18-9-14-15(25-18)5-7-23-20(14)13-6-8-30-11-13/h3-11,25H,1-2H3,(H,27,28). The number of aromatic nitrogens is 7. The van der Waals surface area contributed by atoms with Gasteiger partial charge < -0.3 is 9.55 Å². The number of hydrogen-bond acceptors (Lipinski definition) is 5. The quantitative estimate of drug-likeness (QED) is 0.432. The molecule has 0 aliphatic rings. The van der Waals surface area contributed by atoms with Gasteiger partial charge in [-0.05, 0) is 42.6 Å². The Labute approximate surface area is 175 Å². The van der Waals surface area contributed by atoms with Crippen LogP contribution in [0.3, 0.4) is 0 Å². The zero-order chi connectivity index (χ0) is 20.2. The molecule has 30 heavy (non-hydrogen) atoms. The fourth-order valence-electron chi connectivity index (χ4n) is 3.78. The minimum atomic E-state index is 0.790. The van der Waals surface area contributed by atoms with Gasteiger partial charge in [-0.15, -0.1) is 0 Å². The molecule has 0 aliphatic carbocycles. The van der Waals surface area contributed by atoms with Crippen molar-refractivity contribution in [1.82, 2.24) is 34.7 Å². The SMILES string of the molecule is Cc1ncc(-c2ccc3[nH]nc(-c4cc5c(-c6ccsc6)nccc5[nH]4)c3n2)n1C. The summed E-state index contributed by atoms with van der Waals surface area (Å²) < 4.78 is 2.04. The van der Waals surface area contributed by atoms with E-state index < -0.39 is 0 Å². The number of thiophene rings is 1. The normalized spacial score (nSPS) is 11.7. The predicted molar refractivity (Wildman–Crippen MR) is 119 cm³/mol. The van der Waals surface area contributed by atoms with Crippen LogP contribution < -0.4 is 0 Å². The van der Waals surface area contributed by atoms with Gasteiger partial charge in [-0.1, -0.05) is 0 Å². The molecule has 2 N–H and O–H groups in total. The Hall–Kier alpha value is -3.78. The highest BCUT2D eigenvalue weighted by Gasteiger charge is 2.16. The molecule has 0 amide bonds. The van der Waals surface area contributed by atoms with E-state index in [1.807, 2.05) is 49.1 Å². The van der Waals surface area contributed by atoms with E-state index in [1.54, 1.807) is 11.3 Å². The summed E-state index contributed by atoms with van der Waals surface area (Å²) in [5, 5.41) is 12.9. The third-order valence-electron chi connectivity index (χ3n) is 5.49. The maximum Gasteiger partial charge on any atom is 0.135 e. The molecule has 0 radical (unpaired) electrons. The van der Waals surface area contributed by atoms with Crippen LogP contribution in [0.25, 0.3) is 56.0 Å². The summed E-state index contributed by atoms with van der Waals surface area (Å²) in [5.41, 5.74) is 8.36. The smallest absolute Gasteiger partial charge is 0.135 e. The fourth-order valence-corrected chi connectivity index (χ4v) is 4.42. The molecule has 8 heteroatoms. The van der Waals surface area contributed by atoms with Gasteiger partial charge in [0.05, 0.1) is 34.5 Å². The lowest BCUT2D eigenvalue weighted by atomic mass is 10.1. The van der Waals surface area contributed by atoms with Gasteiger partial charge >= 0.3 is 0 Å². The van der Waals surface area contributed by atoms with Gasteiger partial charge in [0, 0.05) is 35.1 Å². The number of imidazole rings is 1. The molecule has 0 bridgehead atoms. The number of aryl methyl sites for hydroxylation is 1. The van der Waals surface area contributed by atoms with Crippen LogP contribution in [0.4, 0.5) is 0 Å². The van der Waals surface area contributed by atoms with Gasteiger partial charge in [-0.25, -0.2) is 9.97 Å². The minimum absolute atomic E-state index is 0.790. The van der Waals surface area contributed by atoms with Crippen molar-refractivity contribution < 1.29 is 0 Å². The van der Waals surface area contributed by atoms with Crippen molar-refractivity contribution in [1.29, 1.82) is 0 Å². The first-order chi connectivity index (χ1) is 14.7. The number of aromatic amines is 2. The molecule has 0 saturated carbocycles. The highest BCUT2D eigenvalue weighted by Crippen LogP contribution is 2.33. The van der Waals surface area contributed by atoms with E-state index in [0.29, 0.717) is 0 Å². The van der Waals surface area contributed by atoms with E-state index in [9.17, 15) is 0 Å². The van der Waals surface area contributed by atoms with Gasteiger partial charge in [0.2, 0.25) is 0 Å². The number of rotatable bonds is 3. The fraction of sp³-hybridized carbons (Fsp3) is 0.0909. The van der Waals surface area contributed by atoms with E-state index >= 15 is 0 Å². The summed E-state index contributed by atoms with van der Waals surface area (Å²) >= 11 is 1.67. The predicted octanol–water partition coefficient (Wildman–Crippen LogP) is 4.94. The van der Waals surface area contributed by atoms with E-state index in [0.717, 1.165) is 61.8 Å². The first-order valence-corrected chi connectivity index (χ1v) is 10.5. The molecular weight excluding hydrogens is 394 g/mol. The number of pyridine rings is 2. The van der Waals surface area contributed by atoms with Crippen LogP contribution in [0.15, 0.2) is 53.5 Å². The van der Waals surface area contributed by atoms with Crippen LogP contribution >= 0.6 is 11.3 Å². The molecule has 0 aliphatic heterocycles. The number of hydrogen-bond donors (Lipinski definition) is 2. The summed E-state index contributed by atoms with van der Waals surface area (Å²) in [6.45, 7) is 1.98. The molecule has 6 aromatic heterocycles. The first kappa shape index (κ1) is 17.1. The van der Waals surface area contributed by atoms with Crippen molar-refractivity contribution in [3.8, 4) is 34.0 Å². The Morgan fingerprint density at radius 1 is 1.03 bits per heavy atom. The van der Waals surface area contributed by atoms with Crippen molar-refractivity contribution in [3.05, 3.63) is 59.3 Å². The highest BCUT2D eigenvalue weighted by atomic mass is 32.1. The van der Waals surface area contributed by atoms with Gasteiger partial charge in [-0.3, -0.25) is 10.1 Å². The average Bonchev–Trinajstić information content (AvgIpc) is 3.54. The minimum Gasteiger partial charge on any atom is -0.353 e. The van der Waals surface area contributed by atoms with Gasteiger partial charge in [0.15, 0.2) is 0 Å². The van der Waals surface area contributed by atoms with E-state index in [2.05, 4.69) is 48.0 Å². The maximum atomic E-state index is 4.91. The Bertz CT molecular complexity index is 1520. The number of fused-ring (bicyclic) bond motifs is 2. The molecule has 0 saturated heterocycles. The Morgan fingerprint density at radius 3 is 2.77 bits per heavy atom. The molecule has 0 unspecified atom stereocenters. The van der Waals surface area contributed by atoms with Gasteiger partial charge in [0.1, 0.15) is 17.0 Å². The molecule has 0 atom stereocenters. The Balaban J connectivity index is 1.53. The summed E-state index contributed by atoms with van der Waals surface area (Å²) in [4.78, 5) is 17.4. The zero-order valence-electron chi connectivity index (χ0n) is 16.3. The maximum absolute atomic E-state index is 4.91. The summed E-state index contributed by atoms with van der Waals surface area (Å²) in [7, 11) is 2.00. The van der Waals surface area contributed by atoms with Crippen LogP contribution in [0, 0.1) is 6.92 Å². The van der Waals surface area contributed by atoms with Crippen LogP contribution in [0.2, 0.25) is 0 Å². The van der Waals surface area contributed by atoms with Crippen LogP contribution in [-0.2, 0) is 7.05 Å². The lowest BCUT2D eigenvalue weighted by Crippen LogP contribution is -1.96. The van der Waals surface area contributed by atoms with E-state index in [1.165, 1.54) is 0 Å². The monoisotopic (exact) mass is 411 g/mol. The van der Waals surface area contributed by atoms with E-state index in [-0.39, 0.29) is 0 Å². The summed E-state index contributed by atoms with van der Waals surface area (Å²) in [6, 6.07) is 10.2. The highest BCUT2D eigenvalue weighted by molar-refractivity contribution is 7.08. The summed E-state index contributed by atoms with van der Waals surface area (Å²) in [5.74, 6) is 0.948. The third-order valence-corrected chi connectivity index (χ3v) is 6.17. The lowest BCUT2D eigenvalue weighted by Gasteiger charge is -2.03. The van der Waals surface area contributed by atoms with E-state index in [4.69, 9.17) is 4.98 Å². The largest absolute Gasteiger partial charge is 0.353 e. The number of H-pyrrole nitrogens is 2. The Kier molecular flexibility index (Phi) is 3.63. The number of nitrogens with zero attached hydrogens (tertiary/aromatic N) is 5. The van der Waals surface area contributed by atoms with Crippen molar-refractivity contribution in [2.45, 2.75) is 6.92 Å². The molecule has 146 valence electrons. The van der Waals surface area contributed by atoms with Crippen molar-refractivity contribution in [3.63, 3.8) is 0 Å². The van der Waals surface area contributed by atoms with Crippen molar-refractivity contribution >= 4 is 33.3 Å². The zero-order valence-corrected chi connectivity index (χ0v) is 17.2. The second-order valence-electron chi connectivity index (χ2n) is 7.23. The third kappa shape index (κ3) is 2.50. The van der Waals surface area contributed by atoms with Gasteiger partial charge in [-0.2, -0.15) is 16.4 Å². The molecule has 6 aromatic rings. The van der Waals surface area contributed by atoms with Crippen LogP contribution in [0.1, 0.15) is 5.82 Å². The Morgan fingerprint density at radius 2 is 1.97 bits per heavy atom. The molecule has 0 aromatic carbocycles. The van der Waals surface area contributed by atoms with Gasteiger partial charge in [0.25, 0.3) is 0 Å². The number of nitrogens with one attached hydrogen (secondary N) is 2. The molecule has 7 nitrogen and oxygen atoms in total. The topological polar surface area (TPSA) is 88.1 Å². The lowest BCUT2D eigenvalue weighted by molar-refractivity contribution is 0.862. The molecule has 0 fully saturated rings. The second kappa shape index (κ2) is 6.36. The molecule has 6 rings (SSSR count). The molecule has 0 spiro atoms. The van der Waals surface area contributed by atoms with Crippen molar-refractivity contribution in [2.75, 3.05) is 0 Å². The second-order valence-corrected chi connectivity index (χ2v) is 8.01. The summed E-state index contributed by atoms with van der Waals surface area (Å²) in [6.07, 6.45) is 3.68. The van der Waals surface area contributed by atoms with Crippen LogP contribution in [0.5, 0.6) is 0 Å². The molecular formula is C22H17N7S. The van der Waals surface area contributed by atoms with Crippen molar-refractivity contribution in [2.24, 2.45) is 7.05 Å². The first-order valence-electron chi connectivity index (χ1n) is 9.53. The molecule has 6 heterocycles.